The predicted molar refractivity (Wildman–Crippen MR) is 197 cm³/mol. The fourth-order valence-corrected chi connectivity index (χ4v) is 7.39. The molecule has 1 atom stereocenters. The number of hydrazine groups is 1. The fraction of sp³-hybridized carbons (Fsp3) is 0.385. The van der Waals surface area contributed by atoms with E-state index in [1.807, 2.05) is 48.5 Å². The number of piperazine rings is 1. The summed E-state index contributed by atoms with van der Waals surface area (Å²) < 4.78 is 0. The number of nitrogens with one attached hydrogen (secondary N) is 1. The third-order valence-corrected chi connectivity index (χ3v) is 10.3. The van der Waals surface area contributed by atoms with Gasteiger partial charge in [-0.1, -0.05) is 61.5 Å². The van der Waals surface area contributed by atoms with Crippen LogP contribution in [0.3, 0.4) is 0 Å². The Labute approximate surface area is 305 Å². The van der Waals surface area contributed by atoms with Gasteiger partial charge < -0.3 is 25.1 Å². The topological polar surface area (TPSA) is 119 Å². The van der Waals surface area contributed by atoms with Gasteiger partial charge in [-0.2, -0.15) is 5.01 Å². The van der Waals surface area contributed by atoms with Crippen LogP contribution in [0.5, 0.6) is 5.75 Å². The summed E-state index contributed by atoms with van der Waals surface area (Å²) in [4.78, 5) is 57.6. The monoisotopic (exact) mass is 705 g/mol. The molecule has 13 nitrogen and oxygen atoms in total. The van der Waals surface area contributed by atoms with Crippen LogP contribution in [-0.4, -0.2) is 129 Å². The van der Waals surface area contributed by atoms with Gasteiger partial charge in [-0.15, -0.1) is 6.58 Å². The Morgan fingerprint density at radius 2 is 1.71 bits per heavy atom. The standard InChI is InChI=1S/C39H47N9O4/c1-3-17-46-28-37(50)47-34(22-29-13-15-33(49)16-14-29)38(51)45(27-36(47)48(46)39(52)40-23-30-9-6-5-7-10-30)24-31-11-8-12-35(41-31)44-25-32(26-44)43-20-18-42(4-2)19-21-43/h3,5-16,27,32,34,49H,1,4,17-26,28H2,2H3,(H,40,52)/t34-/m0/s1. The molecule has 2 aromatic carbocycles. The number of phenols is 1. The summed E-state index contributed by atoms with van der Waals surface area (Å²) in [7, 11) is 0. The molecule has 0 bridgehead atoms. The SMILES string of the molecule is C=CCN1CC(=O)N2C(=CN(Cc3cccc(N4CC(N5CCN(CC)CC5)C4)n3)C(=O)[C@@H]2Cc2ccc(O)cc2)N1C(=O)NCc1ccccc1. The summed E-state index contributed by atoms with van der Waals surface area (Å²) in [5.74, 6) is 0.661. The number of hydrogen-bond donors (Lipinski definition) is 2. The predicted octanol–water partition coefficient (Wildman–Crippen LogP) is 2.82. The lowest BCUT2D eigenvalue weighted by Gasteiger charge is -2.49. The summed E-state index contributed by atoms with van der Waals surface area (Å²) in [6.07, 6.45) is 3.42. The van der Waals surface area contributed by atoms with Gasteiger partial charge in [-0.05, 0) is 41.9 Å². The first-order chi connectivity index (χ1) is 25.3. The average Bonchev–Trinajstić information content (AvgIpc) is 3.13. The number of urea groups is 1. The maximum Gasteiger partial charge on any atom is 0.338 e. The Kier molecular flexibility index (Phi) is 10.5. The number of nitrogens with zero attached hydrogens (tertiary/aromatic N) is 8. The highest BCUT2D eigenvalue weighted by atomic mass is 16.3. The number of benzene rings is 2. The Morgan fingerprint density at radius 3 is 2.42 bits per heavy atom. The molecule has 4 aliphatic rings. The van der Waals surface area contributed by atoms with Crippen LogP contribution >= 0.6 is 0 Å². The average molecular weight is 706 g/mol. The molecule has 4 aliphatic heterocycles. The van der Waals surface area contributed by atoms with Crippen LogP contribution < -0.4 is 10.2 Å². The number of hydrogen-bond acceptors (Lipinski definition) is 9. The number of carbonyl (C=O) groups is 3. The number of rotatable bonds is 11. The maximum absolute atomic E-state index is 14.4. The molecule has 7 rings (SSSR count). The largest absolute Gasteiger partial charge is 0.508 e. The molecule has 0 unspecified atom stereocenters. The molecular formula is C39H47N9O4. The molecule has 0 saturated carbocycles. The van der Waals surface area contributed by atoms with Gasteiger partial charge >= 0.3 is 6.03 Å². The molecule has 1 aromatic heterocycles. The van der Waals surface area contributed by atoms with Crippen LogP contribution in [0.1, 0.15) is 23.7 Å². The Hall–Kier alpha value is -5.24. The fourth-order valence-electron chi connectivity index (χ4n) is 7.39. The van der Waals surface area contributed by atoms with Crippen LogP contribution in [0.4, 0.5) is 10.6 Å². The Morgan fingerprint density at radius 1 is 0.962 bits per heavy atom. The number of anilines is 1. The summed E-state index contributed by atoms with van der Waals surface area (Å²) in [5, 5.41) is 16.0. The number of aromatic hydroxyl groups is 1. The molecule has 0 aliphatic carbocycles. The third kappa shape index (κ3) is 7.52. The van der Waals surface area contributed by atoms with Crippen molar-refractivity contribution >= 4 is 23.7 Å². The molecule has 13 heteroatoms. The molecule has 0 spiro atoms. The van der Waals surface area contributed by atoms with Crippen LogP contribution in [-0.2, 0) is 29.1 Å². The highest BCUT2D eigenvalue weighted by molar-refractivity contribution is 5.94. The maximum atomic E-state index is 14.4. The molecule has 3 aromatic rings. The van der Waals surface area contributed by atoms with Gasteiger partial charge in [-0.25, -0.2) is 14.8 Å². The van der Waals surface area contributed by atoms with E-state index in [0.717, 1.165) is 62.8 Å². The number of phenolic OH excluding ortho intramolecular Hbond substituents is 1. The van der Waals surface area contributed by atoms with Gasteiger partial charge in [0.2, 0.25) is 5.91 Å². The van der Waals surface area contributed by atoms with E-state index in [0.29, 0.717) is 11.7 Å². The normalized spacial score (nSPS) is 20.4. The zero-order valence-electron chi connectivity index (χ0n) is 29.7. The van der Waals surface area contributed by atoms with Crippen molar-refractivity contribution in [3.05, 3.63) is 114 Å². The minimum Gasteiger partial charge on any atom is -0.508 e. The quantitative estimate of drug-likeness (QED) is 0.291. The zero-order valence-corrected chi connectivity index (χ0v) is 29.7. The first-order valence-electron chi connectivity index (χ1n) is 18.1. The molecule has 3 fully saturated rings. The van der Waals surface area contributed by atoms with Crippen LogP contribution in [0.25, 0.3) is 0 Å². The second-order valence-electron chi connectivity index (χ2n) is 13.7. The van der Waals surface area contributed by atoms with Crippen molar-refractivity contribution in [3.63, 3.8) is 0 Å². The highest BCUT2D eigenvalue weighted by Gasteiger charge is 2.47. The molecule has 0 radical (unpaired) electrons. The van der Waals surface area contributed by atoms with Gasteiger partial charge in [-0.3, -0.25) is 19.4 Å². The summed E-state index contributed by atoms with van der Waals surface area (Å²) in [5.41, 5.74) is 2.39. The summed E-state index contributed by atoms with van der Waals surface area (Å²) >= 11 is 0. The number of aromatic nitrogens is 1. The number of pyridine rings is 1. The zero-order chi connectivity index (χ0) is 36.2. The minimum absolute atomic E-state index is 0.106. The first-order valence-corrected chi connectivity index (χ1v) is 18.1. The van der Waals surface area contributed by atoms with Crippen molar-refractivity contribution in [2.45, 2.75) is 38.5 Å². The number of fused-ring (bicyclic) bond motifs is 1. The van der Waals surface area contributed by atoms with Crippen LogP contribution in [0.2, 0.25) is 0 Å². The second kappa shape index (κ2) is 15.6. The van der Waals surface area contributed by atoms with E-state index in [4.69, 9.17) is 4.98 Å². The number of likely N-dealkylation sites (N-methyl/N-ethyl adjacent to an activating group) is 1. The van der Waals surface area contributed by atoms with E-state index in [9.17, 15) is 19.5 Å². The van der Waals surface area contributed by atoms with Gasteiger partial charge in [0.25, 0.3) is 5.91 Å². The van der Waals surface area contributed by atoms with E-state index < -0.39 is 12.1 Å². The van der Waals surface area contributed by atoms with E-state index in [1.165, 1.54) is 9.91 Å². The smallest absolute Gasteiger partial charge is 0.338 e. The molecule has 5 heterocycles. The first kappa shape index (κ1) is 35.2. The van der Waals surface area contributed by atoms with Crippen molar-refractivity contribution < 1.29 is 19.5 Å². The van der Waals surface area contributed by atoms with E-state index in [1.54, 1.807) is 46.5 Å². The van der Waals surface area contributed by atoms with E-state index >= 15 is 0 Å². The number of carbonyl (C=O) groups excluding carboxylic acids is 3. The Bertz CT molecular complexity index is 1790. The van der Waals surface area contributed by atoms with Crippen LogP contribution in [0, 0.1) is 0 Å². The molecule has 2 N–H and O–H groups in total. The lowest BCUT2D eigenvalue weighted by Crippen LogP contribution is -2.67. The van der Waals surface area contributed by atoms with Crippen molar-refractivity contribution in [2.75, 3.05) is 63.8 Å². The third-order valence-electron chi connectivity index (χ3n) is 10.3. The molecule has 272 valence electrons. The van der Waals surface area contributed by atoms with Crippen molar-refractivity contribution in [1.29, 1.82) is 0 Å². The molecule has 4 amide bonds. The van der Waals surface area contributed by atoms with Crippen molar-refractivity contribution in [1.82, 2.24) is 39.9 Å². The van der Waals surface area contributed by atoms with Gasteiger partial charge in [0, 0.05) is 64.8 Å². The second-order valence-corrected chi connectivity index (χ2v) is 13.7. The lowest BCUT2D eigenvalue weighted by molar-refractivity contribution is -0.157. The van der Waals surface area contributed by atoms with E-state index in [2.05, 4.69) is 33.5 Å². The number of amides is 4. The summed E-state index contributed by atoms with van der Waals surface area (Å²) in [6.45, 7) is 13.9. The highest BCUT2D eigenvalue weighted by Crippen LogP contribution is 2.32. The van der Waals surface area contributed by atoms with Crippen molar-refractivity contribution in [3.8, 4) is 5.75 Å². The van der Waals surface area contributed by atoms with Gasteiger partial charge in [0.15, 0.2) is 5.82 Å². The summed E-state index contributed by atoms with van der Waals surface area (Å²) in [6, 6.07) is 21.2. The van der Waals surface area contributed by atoms with Gasteiger partial charge in [0.05, 0.1) is 25.0 Å². The van der Waals surface area contributed by atoms with Crippen molar-refractivity contribution in [2.24, 2.45) is 0 Å². The lowest BCUT2D eigenvalue weighted by atomic mass is 10.0. The minimum atomic E-state index is -0.931. The van der Waals surface area contributed by atoms with Gasteiger partial charge in [0.1, 0.15) is 17.6 Å². The van der Waals surface area contributed by atoms with Crippen LogP contribution in [0.15, 0.2) is 97.5 Å². The molecule has 3 saturated heterocycles. The molecule has 52 heavy (non-hydrogen) atoms. The Balaban J connectivity index is 1.15. The van der Waals surface area contributed by atoms with E-state index in [-0.39, 0.29) is 56.0 Å². The molecular weight excluding hydrogens is 658 g/mol.